The first-order valence-corrected chi connectivity index (χ1v) is 7.83. The lowest BCUT2D eigenvalue weighted by molar-refractivity contribution is 0.251. The zero-order valence-electron chi connectivity index (χ0n) is 11.1. The molecule has 3 rings (SSSR count). The number of anilines is 2. The van der Waals surface area contributed by atoms with Gasteiger partial charge in [0.2, 0.25) is 0 Å². The second kappa shape index (κ2) is 5.99. The molecule has 1 aliphatic rings. The highest BCUT2D eigenvalue weighted by molar-refractivity contribution is 7.16. The van der Waals surface area contributed by atoms with E-state index >= 15 is 0 Å². The molecule has 0 bridgehead atoms. The number of nitrogen functional groups attached to an aromatic ring is 1. The number of hydrogen-bond acceptors (Lipinski definition) is 5. The number of piperazine rings is 1. The first-order chi connectivity index (χ1) is 9.70. The van der Waals surface area contributed by atoms with Crippen molar-refractivity contribution in [1.82, 2.24) is 9.88 Å². The van der Waals surface area contributed by atoms with Crippen molar-refractivity contribution in [3.8, 4) is 0 Å². The summed E-state index contributed by atoms with van der Waals surface area (Å²) in [5.74, 6) is 1.01. The highest BCUT2D eigenvalue weighted by atomic mass is 35.5. The van der Waals surface area contributed by atoms with Gasteiger partial charge in [-0.2, -0.15) is 0 Å². The molecular formula is C14H17ClN4S. The van der Waals surface area contributed by atoms with Crippen molar-refractivity contribution in [3.05, 3.63) is 39.7 Å². The van der Waals surface area contributed by atoms with E-state index in [1.54, 1.807) is 17.5 Å². The van der Waals surface area contributed by atoms with E-state index in [1.807, 2.05) is 18.2 Å². The van der Waals surface area contributed by atoms with Gasteiger partial charge < -0.3 is 10.6 Å². The molecular weight excluding hydrogens is 292 g/mol. The lowest BCUT2D eigenvalue weighted by Crippen LogP contribution is -2.46. The van der Waals surface area contributed by atoms with Crippen LogP contribution in [0.3, 0.4) is 0 Å². The molecule has 0 spiro atoms. The number of rotatable bonds is 3. The van der Waals surface area contributed by atoms with E-state index in [0.717, 1.165) is 42.9 Å². The highest BCUT2D eigenvalue weighted by Gasteiger charge is 2.18. The van der Waals surface area contributed by atoms with Gasteiger partial charge in [0.1, 0.15) is 5.82 Å². The monoisotopic (exact) mass is 308 g/mol. The van der Waals surface area contributed by atoms with Crippen LogP contribution in [0.1, 0.15) is 4.88 Å². The summed E-state index contributed by atoms with van der Waals surface area (Å²) in [5, 5.41) is 0. The first-order valence-electron chi connectivity index (χ1n) is 6.64. The Bertz CT molecular complexity index is 561. The van der Waals surface area contributed by atoms with Crippen LogP contribution in [0.15, 0.2) is 30.5 Å². The maximum absolute atomic E-state index is 5.97. The summed E-state index contributed by atoms with van der Waals surface area (Å²) in [6, 6.07) is 7.98. The summed E-state index contributed by atoms with van der Waals surface area (Å²) in [6.45, 7) is 5.07. The van der Waals surface area contributed by atoms with Crippen molar-refractivity contribution >= 4 is 34.4 Å². The molecule has 20 heavy (non-hydrogen) atoms. The predicted octanol–water partition coefficient (Wildman–Crippen LogP) is 2.70. The van der Waals surface area contributed by atoms with Gasteiger partial charge in [-0.1, -0.05) is 11.6 Å². The van der Waals surface area contributed by atoms with Gasteiger partial charge in [-0.05, 0) is 24.3 Å². The molecule has 0 aliphatic carbocycles. The molecule has 0 unspecified atom stereocenters. The van der Waals surface area contributed by atoms with Crippen LogP contribution in [0.5, 0.6) is 0 Å². The van der Waals surface area contributed by atoms with E-state index < -0.39 is 0 Å². The molecule has 106 valence electrons. The predicted molar refractivity (Wildman–Crippen MR) is 85.5 cm³/mol. The molecule has 2 aromatic heterocycles. The minimum absolute atomic E-state index is 0.710. The summed E-state index contributed by atoms with van der Waals surface area (Å²) in [5.41, 5.74) is 6.38. The fourth-order valence-electron chi connectivity index (χ4n) is 2.38. The highest BCUT2D eigenvalue weighted by Crippen LogP contribution is 2.23. The Labute approximate surface area is 127 Å². The molecule has 0 aromatic carbocycles. The third-order valence-electron chi connectivity index (χ3n) is 3.48. The number of aromatic nitrogens is 1. The second-order valence-corrected chi connectivity index (χ2v) is 6.72. The Morgan fingerprint density at radius 3 is 2.55 bits per heavy atom. The number of thiophene rings is 1. The lowest BCUT2D eigenvalue weighted by Gasteiger charge is -2.35. The fourth-order valence-corrected chi connectivity index (χ4v) is 3.51. The maximum atomic E-state index is 5.97. The molecule has 1 aliphatic heterocycles. The standard InChI is InChI=1S/C14H17ClN4S/c15-13-3-2-12(20-13)10-18-5-7-19(8-6-18)14-4-1-11(16)9-17-14/h1-4,9H,5-8,10,16H2. The molecule has 3 heterocycles. The van der Waals surface area contributed by atoms with E-state index in [4.69, 9.17) is 17.3 Å². The Hall–Kier alpha value is -1.30. The van der Waals surface area contributed by atoms with E-state index in [9.17, 15) is 0 Å². The third kappa shape index (κ3) is 3.23. The molecule has 1 saturated heterocycles. The summed E-state index contributed by atoms with van der Waals surface area (Å²) >= 11 is 7.63. The molecule has 6 heteroatoms. The van der Waals surface area contributed by atoms with E-state index in [0.29, 0.717) is 5.69 Å². The summed E-state index contributed by atoms with van der Waals surface area (Å²) in [4.78, 5) is 10.5. The van der Waals surface area contributed by atoms with Crippen molar-refractivity contribution in [2.45, 2.75) is 6.54 Å². The number of pyridine rings is 1. The largest absolute Gasteiger partial charge is 0.397 e. The zero-order chi connectivity index (χ0) is 13.9. The molecule has 2 aromatic rings. The van der Waals surface area contributed by atoms with Crippen molar-refractivity contribution in [2.75, 3.05) is 36.8 Å². The second-order valence-electron chi connectivity index (χ2n) is 4.92. The third-order valence-corrected chi connectivity index (χ3v) is 4.69. The lowest BCUT2D eigenvalue weighted by atomic mass is 10.3. The molecule has 0 saturated carbocycles. The van der Waals surface area contributed by atoms with Gasteiger partial charge >= 0.3 is 0 Å². The SMILES string of the molecule is Nc1ccc(N2CCN(Cc3ccc(Cl)s3)CC2)nc1. The van der Waals surface area contributed by atoms with Gasteiger partial charge in [-0.15, -0.1) is 11.3 Å². The summed E-state index contributed by atoms with van der Waals surface area (Å²) in [7, 11) is 0. The zero-order valence-corrected chi connectivity index (χ0v) is 12.7. The normalized spacial score (nSPS) is 16.6. The Kier molecular flexibility index (Phi) is 4.10. The molecule has 2 N–H and O–H groups in total. The first kappa shape index (κ1) is 13.7. The van der Waals surface area contributed by atoms with Crippen LogP contribution in [0.25, 0.3) is 0 Å². The van der Waals surface area contributed by atoms with Gasteiger partial charge in [0, 0.05) is 37.6 Å². The van der Waals surface area contributed by atoms with Gasteiger partial charge in [0.15, 0.2) is 0 Å². The van der Waals surface area contributed by atoms with Crippen LogP contribution in [0.4, 0.5) is 11.5 Å². The van der Waals surface area contributed by atoms with Crippen LogP contribution in [0, 0.1) is 0 Å². The number of nitrogens with two attached hydrogens (primary N) is 1. The van der Waals surface area contributed by atoms with Crippen molar-refractivity contribution in [2.24, 2.45) is 0 Å². The number of nitrogens with zero attached hydrogens (tertiary/aromatic N) is 3. The minimum atomic E-state index is 0.710. The van der Waals surface area contributed by atoms with E-state index in [1.165, 1.54) is 4.88 Å². The number of hydrogen-bond donors (Lipinski definition) is 1. The summed E-state index contributed by atoms with van der Waals surface area (Å²) < 4.78 is 0.865. The Morgan fingerprint density at radius 2 is 1.95 bits per heavy atom. The minimum Gasteiger partial charge on any atom is -0.397 e. The molecule has 4 nitrogen and oxygen atoms in total. The maximum Gasteiger partial charge on any atom is 0.128 e. The van der Waals surface area contributed by atoms with Gasteiger partial charge in [-0.25, -0.2) is 4.98 Å². The molecule has 0 radical (unpaired) electrons. The molecule has 0 atom stereocenters. The van der Waals surface area contributed by atoms with Gasteiger partial charge in [0.05, 0.1) is 16.2 Å². The smallest absolute Gasteiger partial charge is 0.128 e. The van der Waals surface area contributed by atoms with Crippen molar-refractivity contribution in [1.29, 1.82) is 0 Å². The van der Waals surface area contributed by atoms with Crippen LogP contribution in [-0.2, 0) is 6.54 Å². The summed E-state index contributed by atoms with van der Waals surface area (Å²) in [6.07, 6.45) is 1.72. The topological polar surface area (TPSA) is 45.4 Å². The van der Waals surface area contributed by atoms with Gasteiger partial charge in [-0.3, -0.25) is 4.90 Å². The van der Waals surface area contributed by atoms with Crippen LogP contribution in [0.2, 0.25) is 4.34 Å². The molecule has 1 fully saturated rings. The Morgan fingerprint density at radius 1 is 1.15 bits per heavy atom. The van der Waals surface area contributed by atoms with Crippen molar-refractivity contribution < 1.29 is 0 Å². The van der Waals surface area contributed by atoms with Crippen LogP contribution >= 0.6 is 22.9 Å². The average Bonchev–Trinajstić information content (AvgIpc) is 2.86. The Balaban J connectivity index is 1.55. The van der Waals surface area contributed by atoms with E-state index in [-0.39, 0.29) is 0 Å². The van der Waals surface area contributed by atoms with E-state index in [2.05, 4.69) is 20.9 Å². The number of halogens is 1. The van der Waals surface area contributed by atoms with Crippen molar-refractivity contribution in [3.63, 3.8) is 0 Å². The fraction of sp³-hybridized carbons (Fsp3) is 0.357. The van der Waals surface area contributed by atoms with Crippen LogP contribution < -0.4 is 10.6 Å². The quantitative estimate of drug-likeness (QED) is 0.947. The average molecular weight is 309 g/mol. The van der Waals surface area contributed by atoms with Crippen LogP contribution in [-0.4, -0.2) is 36.1 Å². The molecule has 0 amide bonds. The van der Waals surface area contributed by atoms with Gasteiger partial charge in [0.25, 0.3) is 0 Å².